The summed E-state index contributed by atoms with van der Waals surface area (Å²) >= 11 is 0. The van der Waals surface area contributed by atoms with E-state index in [1.807, 2.05) is 41.3 Å². The zero-order valence-electron chi connectivity index (χ0n) is 20.8. The van der Waals surface area contributed by atoms with Crippen molar-refractivity contribution >= 4 is 29.3 Å². The van der Waals surface area contributed by atoms with Crippen LogP contribution >= 0.6 is 0 Å². The Labute approximate surface area is 213 Å². The predicted molar refractivity (Wildman–Crippen MR) is 147 cm³/mol. The second-order valence-corrected chi connectivity index (χ2v) is 9.54. The van der Waals surface area contributed by atoms with Crippen LogP contribution in [0.5, 0.6) is 0 Å². The van der Waals surface area contributed by atoms with Crippen molar-refractivity contribution in [2.24, 2.45) is 5.92 Å². The van der Waals surface area contributed by atoms with Crippen molar-refractivity contribution in [2.45, 2.75) is 52.0 Å². The van der Waals surface area contributed by atoms with Crippen LogP contribution in [-0.2, 0) is 22.6 Å². The van der Waals surface area contributed by atoms with Gasteiger partial charge in [-0.15, -0.1) is 0 Å². The van der Waals surface area contributed by atoms with Crippen molar-refractivity contribution < 1.29 is 14.7 Å². The van der Waals surface area contributed by atoms with Gasteiger partial charge >= 0.3 is 5.97 Å². The number of benzene rings is 3. The van der Waals surface area contributed by atoms with E-state index in [0.717, 1.165) is 77.4 Å². The lowest BCUT2D eigenvalue weighted by Crippen LogP contribution is -2.36. The lowest BCUT2D eigenvalue weighted by Gasteiger charge is -2.30. The van der Waals surface area contributed by atoms with Gasteiger partial charge in [0.1, 0.15) is 0 Å². The van der Waals surface area contributed by atoms with E-state index in [0.29, 0.717) is 6.54 Å². The molecular formula is C31H34N2O3. The molecule has 0 aromatic heterocycles. The Balaban J connectivity index is 1.66. The van der Waals surface area contributed by atoms with Crippen LogP contribution < -0.4 is 10.6 Å². The molecule has 3 aromatic rings. The number of carbonyl (C=O) groups is 2. The van der Waals surface area contributed by atoms with Crippen molar-refractivity contribution in [3.63, 3.8) is 0 Å². The Bertz CT molecular complexity index is 1220. The number of nitrogen functional groups attached to an aromatic ring is 1. The zero-order chi connectivity index (χ0) is 25.5. The van der Waals surface area contributed by atoms with E-state index >= 15 is 0 Å². The van der Waals surface area contributed by atoms with Gasteiger partial charge in [-0.2, -0.15) is 0 Å². The molecule has 1 aliphatic carbocycles. The molecule has 36 heavy (non-hydrogen) atoms. The molecule has 0 unspecified atom stereocenters. The van der Waals surface area contributed by atoms with E-state index in [2.05, 4.69) is 37.3 Å². The molecule has 0 atom stereocenters. The van der Waals surface area contributed by atoms with Crippen LogP contribution in [0.2, 0.25) is 0 Å². The topological polar surface area (TPSA) is 83.6 Å². The van der Waals surface area contributed by atoms with E-state index < -0.39 is 5.97 Å². The van der Waals surface area contributed by atoms with Gasteiger partial charge in [-0.05, 0) is 77.4 Å². The summed E-state index contributed by atoms with van der Waals surface area (Å²) < 4.78 is 0. The Hall–Kier alpha value is -3.86. The summed E-state index contributed by atoms with van der Waals surface area (Å²) in [5.41, 5.74) is 12.5. The van der Waals surface area contributed by atoms with Crippen LogP contribution in [0, 0.1) is 5.92 Å². The zero-order valence-corrected chi connectivity index (χ0v) is 20.8. The fourth-order valence-electron chi connectivity index (χ4n) is 4.85. The number of aliphatic carboxylic acids is 1. The molecule has 0 radical (unpaired) electrons. The highest BCUT2D eigenvalue weighted by Crippen LogP contribution is 2.31. The van der Waals surface area contributed by atoms with Gasteiger partial charge < -0.3 is 15.7 Å². The molecule has 5 nitrogen and oxygen atoms in total. The molecule has 1 amide bonds. The van der Waals surface area contributed by atoms with Crippen LogP contribution in [0.25, 0.3) is 17.2 Å². The SMILES string of the molecule is CCc1cc(/C=C/C(=O)O)cc(N(Cc2ccc(-c3ccc(N)cc3)cc2)C(=O)C2CCCCC2)c1. The average molecular weight is 483 g/mol. The maximum Gasteiger partial charge on any atom is 0.328 e. The first-order valence-corrected chi connectivity index (χ1v) is 12.7. The van der Waals surface area contributed by atoms with Crippen LogP contribution in [-0.4, -0.2) is 17.0 Å². The Kier molecular flexibility index (Phi) is 8.21. The number of amides is 1. The van der Waals surface area contributed by atoms with Gasteiger partial charge in [0.15, 0.2) is 0 Å². The first kappa shape index (κ1) is 25.2. The number of nitrogens with two attached hydrogens (primary N) is 1. The van der Waals surface area contributed by atoms with Gasteiger partial charge in [-0.1, -0.05) is 68.7 Å². The molecule has 1 aliphatic rings. The maximum absolute atomic E-state index is 13.8. The summed E-state index contributed by atoms with van der Waals surface area (Å²) in [7, 11) is 0. The molecule has 1 fully saturated rings. The number of rotatable bonds is 8. The Morgan fingerprint density at radius 3 is 2.17 bits per heavy atom. The number of hydrogen-bond donors (Lipinski definition) is 2. The second kappa shape index (κ2) is 11.7. The van der Waals surface area contributed by atoms with E-state index in [4.69, 9.17) is 10.8 Å². The largest absolute Gasteiger partial charge is 0.478 e. The number of carboxylic acid groups (broad SMARTS) is 1. The van der Waals surface area contributed by atoms with Crippen LogP contribution in [0.4, 0.5) is 11.4 Å². The predicted octanol–water partition coefficient (Wildman–Crippen LogP) is 6.71. The molecule has 4 rings (SSSR count). The fourth-order valence-corrected chi connectivity index (χ4v) is 4.85. The number of hydrogen-bond acceptors (Lipinski definition) is 3. The van der Waals surface area contributed by atoms with Crippen LogP contribution in [0.1, 0.15) is 55.7 Å². The molecule has 5 heteroatoms. The van der Waals surface area contributed by atoms with Gasteiger partial charge in [0.05, 0.1) is 6.54 Å². The van der Waals surface area contributed by atoms with Gasteiger partial charge in [0.2, 0.25) is 5.91 Å². The number of nitrogens with zero attached hydrogens (tertiary/aromatic N) is 1. The van der Waals surface area contributed by atoms with E-state index in [1.54, 1.807) is 6.08 Å². The minimum Gasteiger partial charge on any atom is -0.478 e. The third-order valence-electron chi connectivity index (χ3n) is 6.90. The third kappa shape index (κ3) is 6.42. The quantitative estimate of drug-likeness (QED) is 0.276. The summed E-state index contributed by atoms with van der Waals surface area (Å²) in [6.45, 7) is 2.53. The lowest BCUT2D eigenvalue weighted by atomic mass is 9.88. The van der Waals surface area contributed by atoms with Gasteiger partial charge in [-0.25, -0.2) is 4.79 Å². The minimum atomic E-state index is -0.991. The number of aryl methyl sites for hydroxylation is 1. The van der Waals surface area contributed by atoms with Crippen LogP contribution in [0.3, 0.4) is 0 Å². The summed E-state index contributed by atoms with van der Waals surface area (Å²) in [4.78, 5) is 26.8. The maximum atomic E-state index is 13.8. The standard InChI is InChI=1S/C31H34N2O3/c1-2-22-18-24(10-17-30(34)35)20-29(19-22)33(31(36)27-6-4-3-5-7-27)21-23-8-11-25(12-9-23)26-13-15-28(32)16-14-26/h8-20,27H,2-7,21,32H2,1H3,(H,34,35)/b17-10+. The molecular weight excluding hydrogens is 448 g/mol. The highest BCUT2D eigenvalue weighted by molar-refractivity contribution is 5.95. The summed E-state index contributed by atoms with van der Waals surface area (Å²) in [6, 6.07) is 22.1. The molecule has 0 heterocycles. The van der Waals surface area contributed by atoms with Crippen molar-refractivity contribution in [1.29, 1.82) is 0 Å². The lowest BCUT2D eigenvalue weighted by molar-refractivity contribution is -0.131. The van der Waals surface area contributed by atoms with E-state index in [-0.39, 0.29) is 11.8 Å². The summed E-state index contributed by atoms with van der Waals surface area (Å²) in [5, 5.41) is 9.09. The summed E-state index contributed by atoms with van der Waals surface area (Å²) in [6.07, 6.45) is 8.73. The fraction of sp³-hybridized carbons (Fsp3) is 0.290. The molecule has 3 N–H and O–H groups in total. The number of carbonyl (C=O) groups excluding carboxylic acids is 1. The van der Waals surface area contributed by atoms with Crippen molar-refractivity contribution in [3.05, 3.63) is 89.5 Å². The molecule has 186 valence electrons. The second-order valence-electron chi connectivity index (χ2n) is 9.54. The molecule has 1 saturated carbocycles. The van der Waals surface area contributed by atoms with E-state index in [1.165, 1.54) is 6.42 Å². The first-order valence-electron chi connectivity index (χ1n) is 12.7. The normalized spacial score (nSPS) is 14.1. The van der Waals surface area contributed by atoms with Gasteiger partial charge in [-0.3, -0.25) is 4.79 Å². The van der Waals surface area contributed by atoms with Crippen molar-refractivity contribution in [3.8, 4) is 11.1 Å². The highest BCUT2D eigenvalue weighted by atomic mass is 16.4. The molecule has 0 aliphatic heterocycles. The highest BCUT2D eigenvalue weighted by Gasteiger charge is 2.27. The van der Waals surface area contributed by atoms with Crippen molar-refractivity contribution in [1.82, 2.24) is 0 Å². The summed E-state index contributed by atoms with van der Waals surface area (Å²) in [5.74, 6) is -0.815. The van der Waals surface area contributed by atoms with Gasteiger partial charge in [0, 0.05) is 23.4 Å². The molecule has 0 bridgehead atoms. The number of carboxylic acids is 1. The smallest absolute Gasteiger partial charge is 0.328 e. The Morgan fingerprint density at radius 1 is 0.917 bits per heavy atom. The third-order valence-corrected chi connectivity index (χ3v) is 6.90. The first-order chi connectivity index (χ1) is 17.4. The molecule has 3 aromatic carbocycles. The molecule has 0 spiro atoms. The minimum absolute atomic E-state index is 0.0242. The molecule has 0 saturated heterocycles. The van der Waals surface area contributed by atoms with Crippen molar-refractivity contribution in [2.75, 3.05) is 10.6 Å². The van der Waals surface area contributed by atoms with Gasteiger partial charge in [0.25, 0.3) is 0 Å². The average Bonchev–Trinajstić information content (AvgIpc) is 2.91. The van der Waals surface area contributed by atoms with Crippen LogP contribution in [0.15, 0.2) is 72.8 Å². The monoisotopic (exact) mass is 482 g/mol. The number of anilines is 2. The Morgan fingerprint density at radius 2 is 1.56 bits per heavy atom. The van der Waals surface area contributed by atoms with E-state index in [9.17, 15) is 9.59 Å².